The van der Waals surface area contributed by atoms with E-state index < -0.39 is 20.6 Å². The minimum atomic E-state index is -3.20. The number of rotatable bonds is 5. The molecule has 0 spiro atoms. The monoisotopic (exact) mass is 317 g/mol. The smallest absolute Gasteiger partial charge is 0.245 e. The highest BCUT2D eigenvalue weighted by atomic mass is 32.2. The van der Waals surface area contributed by atoms with Crippen LogP contribution in [0.25, 0.3) is 0 Å². The Bertz CT molecular complexity index is 580. The highest BCUT2D eigenvalue weighted by Crippen LogP contribution is 2.33. The fraction of sp³-hybridized carbons (Fsp3) is 0.846. The van der Waals surface area contributed by atoms with E-state index in [1.807, 2.05) is 13.8 Å². The standard InChI is InChI=1S/C13H23N3O4S/c1-9(2)19-8-13(3,14)12-15-11(20-16-12)10-6-4-5-7-21(10,17)18/h9-10H,4-8,14H2,1-3H3. The van der Waals surface area contributed by atoms with Crippen molar-refractivity contribution >= 4 is 9.84 Å². The first-order valence-corrected chi connectivity index (χ1v) is 8.90. The fourth-order valence-corrected chi connectivity index (χ4v) is 4.05. The summed E-state index contributed by atoms with van der Waals surface area (Å²) >= 11 is 0. The maximum absolute atomic E-state index is 12.1. The average molecular weight is 317 g/mol. The van der Waals surface area contributed by atoms with Crippen molar-refractivity contribution in [2.45, 2.75) is 56.9 Å². The molecule has 2 heterocycles. The van der Waals surface area contributed by atoms with Crippen LogP contribution in [0.1, 0.15) is 57.0 Å². The molecular formula is C13H23N3O4S. The summed E-state index contributed by atoms with van der Waals surface area (Å²) in [5.41, 5.74) is 5.23. The summed E-state index contributed by atoms with van der Waals surface area (Å²) in [5, 5.41) is 3.15. The lowest BCUT2D eigenvalue weighted by molar-refractivity contribution is 0.0410. The largest absolute Gasteiger partial charge is 0.376 e. The molecule has 21 heavy (non-hydrogen) atoms. The van der Waals surface area contributed by atoms with Crippen LogP contribution in [0.5, 0.6) is 0 Å². The summed E-state index contributed by atoms with van der Waals surface area (Å²) in [7, 11) is -3.20. The molecule has 0 aromatic carbocycles. The average Bonchev–Trinajstić information content (AvgIpc) is 2.86. The first kappa shape index (κ1) is 16.4. The predicted octanol–water partition coefficient (Wildman–Crippen LogP) is 1.31. The summed E-state index contributed by atoms with van der Waals surface area (Å²) < 4.78 is 34.8. The third kappa shape index (κ3) is 3.81. The molecule has 1 aliphatic rings. The van der Waals surface area contributed by atoms with Gasteiger partial charge in [-0.3, -0.25) is 0 Å². The van der Waals surface area contributed by atoms with Gasteiger partial charge in [0.2, 0.25) is 5.89 Å². The normalized spacial score (nSPS) is 24.9. The molecule has 0 radical (unpaired) electrons. The zero-order chi connectivity index (χ0) is 15.7. The van der Waals surface area contributed by atoms with E-state index in [4.69, 9.17) is 15.0 Å². The summed E-state index contributed by atoms with van der Waals surface area (Å²) in [6, 6.07) is 0. The van der Waals surface area contributed by atoms with Crippen LogP contribution in [-0.4, -0.2) is 37.0 Å². The first-order valence-electron chi connectivity index (χ1n) is 7.18. The van der Waals surface area contributed by atoms with E-state index in [1.54, 1.807) is 6.92 Å². The molecule has 8 heteroatoms. The van der Waals surface area contributed by atoms with Gasteiger partial charge in [-0.1, -0.05) is 11.6 Å². The van der Waals surface area contributed by atoms with Gasteiger partial charge in [0.05, 0.1) is 18.5 Å². The van der Waals surface area contributed by atoms with Crippen molar-refractivity contribution in [3.8, 4) is 0 Å². The minimum Gasteiger partial charge on any atom is -0.376 e. The lowest BCUT2D eigenvalue weighted by Crippen LogP contribution is -2.40. The van der Waals surface area contributed by atoms with Crippen LogP contribution in [0, 0.1) is 0 Å². The van der Waals surface area contributed by atoms with Crippen molar-refractivity contribution in [1.82, 2.24) is 10.1 Å². The number of hydrogen-bond acceptors (Lipinski definition) is 7. The van der Waals surface area contributed by atoms with Gasteiger partial charge in [-0.2, -0.15) is 4.98 Å². The molecule has 2 unspecified atom stereocenters. The molecule has 0 bridgehead atoms. The van der Waals surface area contributed by atoms with Gasteiger partial charge in [0.25, 0.3) is 0 Å². The first-order chi connectivity index (χ1) is 9.72. The summed E-state index contributed by atoms with van der Waals surface area (Å²) in [5.74, 6) is 0.594. The van der Waals surface area contributed by atoms with Crippen LogP contribution in [-0.2, 0) is 20.1 Å². The zero-order valence-electron chi connectivity index (χ0n) is 12.7. The fourth-order valence-electron chi connectivity index (χ4n) is 2.23. The SMILES string of the molecule is CC(C)OCC(C)(N)c1noc(C2CCCCS2(=O)=O)n1. The molecule has 1 aromatic rings. The van der Waals surface area contributed by atoms with E-state index in [0.717, 1.165) is 6.42 Å². The van der Waals surface area contributed by atoms with Crippen molar-refractivity contribution in [2.75, 3.05) is 12.4 Å². The zero-order valence-corrected chi connectivity index (χ0v) is 13.5. The molecule has 1 saturated heterocycles. The minimum absolute atomic E-state index is 0.0398. The second-order valence-corrected chi connectivity index (χ2v) is 8.39. The molecule has 7 nitrogen and oxygen atoms in total. The predicted molar refractivity (Wildman–Crippen MR) is 77.3 cm³/mol. The van der Waals surface area contributed by atoms with Crippen molar-refractivity contribution in [1.29, 1.82) is 0 Å². The van der Waals surface area contributed by atoms with E-state index in [2.05, 4.69) is 10.1 Å². The lowest BCUT2D eigenvalue weighted by atomic mass is 10.1. The van der Waals surface area contributed by atoms with Gasteiger partial charge < -0.3 is 15.0 Å². The Morgan fingerprint density at radius 2 is 2.19 bits per heavy atom. The van der Waals surface area contributed by atoms with Crippen molar-refractivity contribution in [2.24, 2.45) is 5.73 Å². The molecule has 0 amide bonds. The summed E-state index contributed by atoms with van der Waals surface area (Å²) in [6.45, 7) is 5.79. The maximum Gasteiger partial charge on any atom is 0.245 e. The van der Waals surface area contributed by atoms with Crippen LogP contribution in [0.2, 0.25) is 0 Å². The molecule has 0 saturated carbocycles. The third-order valence-electron chi connectivity index (χ3n) is 3.52. The highest BCUT2D eigenvalue weighted by Gasteiger charge is 2.37. The third-order valence-corrected chi connectivity index (χ3v) is 5.69. The molecule has 1 aliphatic heterocycles. The molecule has 2 atom stereocenters. The number of ether oxygens (including phenoxy) is 1. The van der Waals surface area contributed by atoms with Crippen LogP contribution in [0.3, 0.4) is 0 Å². The number of sulfone groups is 1. The van der Waals surface area contributed by atoms with Gasteiger partial charge in [-0.15, -0.1) is 0 Å². The van der Waals surface area contributed by atoms with Crippen LogP contribution >= 0.6 is 0 Å². The second-order valence-electron chi connectivity index (χ2n) is 6.08. The molecule has 120 valence electrons. The quantitative estimate of drug-likeness (QED) is 0.872. The van der Waals surface area contributed by atoms with E-state index in [1.165, 1.54) is 0 Å². The van der Waals surface area contributed by atoms with E-state index in [0.29, 0.717) is 12.8 Å². The number of nitrogens with zero attached hydrogens (tertiary/aromatic N) is 2. The maximum atomic E-state index is 12.1. The Kier molecular flexibility index (Phi) is 4.69. The Hall–Kier alpha value is -0.990. The Morgan fingerprint density at radius 3 is 2.81 bits per heavy atom. The van der Waals surface area contributed by atoms with Gasteiger partial charge >= 0.3 is 0 Å². The van der Waals surface area contributed by atoms with Gasteiger partial charge in [-0.25, -0.2) is 8.42 Å². The van der Waals surface area contributed by atoms with E-state index in [9.17, 15) is 8.42 Å². The van der Waals surface area contributed by atoms with E-state index in [-0.39, 0.29) is 30.2 Å². The summed E-state index contributed by atoms with van der Waals surface area (Å²) in [6.07, 6.45) is 2.10. The van der Waals surface area contributed by atoms with Crippen molar-refractivity contribution in [3.05, 3.63) is 11.7 Å². The number of aromatic nitrogens is 2. The molecule has 1 aromatic heterocycles. The molecular weight excluding hydrogens is 294 g/mol. The molecule has 1 fully saturated rings. The Labute approximate surface area is 125 Å². The van der Waals surface area contributed by atoms with Crippen molar-refractivity contribution in [3.63, 3.8) is 0 Å². The lowest BCUT2D eigenvalue weighted by Gasteiger charge is -2.22. The van der Waals surface area contributed by atoms with E-state index >= 15 is 0 Å². The van der Waals surface area contributed by atoms with Gasteiger partial charge in [0, 0.05) is 0 Å². The Morgan fingerprint density at radius 1 is 1.48 bits per heavy atom. The molecule has 0 aliphatic carbocycles. The molecule has 2 N–H and O–H groups in total. The summed E-state index contributed by atoms with van der Waals surface area (Å²) in [4.78, 5) is 4.22. The Balaban J connectivity index is 2.17. The van der Waals surface area contributed by atoms with Crippen LogP contribution in [0.4, 0.5) is 0 Å². The van der Waals surface area contributed by atoms with Crippen LogP contribution in [0.15, 0.2) is 4.52 Å². The number of nitrogens with two attached hydrogens (primary N) is 1. The van der Waals surface area contributed by atoms with Gasteiger partial charge in [0.1, 0.15) is 10.8 Å². The van der Waals surface area contributed by atoms with Gasteiger partial charge in [0.15, 0.2) is 15.7 Å². The second kappa shape index (κ2) is 6.02. The topological polar surface area (TPSA) is 108 Å². The highest BCUT2D eigenvalue weighted by molar-refractivity contribution is 7.91. The van der Waals surface area contributed by atoms with Crippen LogP contribution < -0.4 is 5.73 Å². The number of hydrogen-bond donors (Lipinski definition) is 1. The van der Waals surface area contributed by atoms with Gasteiger partial charge in [-0.05, 0) is 33.6 Å². The van der Waals surface area contributed by atoms with Crippen molar-refractivity contribution < 1.29 is 17.7 Å². The molecule has 2 rings (SSSR count).